The number of carbonyl (C=O) groups excluding carboxylic acids is 2. The second kappa shape index (κ2) is 11.5. The first-order chi connectivity index (χ1) is 16.6. The number of nitrogens with one attached hydrogen (secondary N) is 2. The van der Waals surface area contributed by atoms with Crippen molar-refractivity contribution in [2.24, 2.45) is 0 Å². The smallest absolute Gasteiger partial charge is 0.251 e. The van der Waals surface area contributed by atoms with Crippen LogP contribution < -0.4 is 10.6 Å². The maximum Gasteiger partial charge on any atom is 0.251 e. The molecule has 3 aromatic carbocycles. The fourth-order valence-corrected chi connectivity index (χ4v) is 4.23. The molecule has 0 spiro atoms. The molecule has 9 heteroatoms. The van der Waals surface area contributed by atoms with E-state index in [-0.39, 0.29) is 17.6 Å². The van der Waals surface area contributed by atoms with E-state index >= 15 is 0 Å². The van der Waals surface area contributed by atoms with Crippen LogP contribution >= 0.6 is 23.4 Å². The van der Waals surface area contributed by atoms with E-state index in [9.17, 15) is 9.59 Å². The van der Waals surface area contributed by atoms with Crippen molar-refractivity contribution in [3.8, 4) is 5.69 Å². The van der Waals surface area contributed by atoms with E-state index in [1.807, 2.05) is 53.1 Å². The summed E-state index contributed by atoms with van der Waals surface area (Å²) in [6.07, 6.45) is 0.482. The molecule has 2 N–H and O–H groups in total. The molecule has 0 radical (unpaired) electrons. The third-order valence-electron chi connectivity index (χ3n) is 4.83. The summed E-state index contributed by atoms with van der Waals surface area (Å²) < 4.78 is 1.91. The van der Waals surface area contributed by atoms with Crippen molar-refractivity contribution < 1.29 is 9.59 Å². The Bertz CT molecular complexity index is 1260. The predicted molar refractivity (Wildman–Crippen MR) is 135 cm³/mol. The molecule has 7 nitrogen and oxygen atoms in total. The second-order valence-corrected chi connectivity index (χ2v) is 8.67. The van der Waals surface area contributed by atoms with Crippen molar-refractivity contribution in [3.05, 3.63) is 101 Å². The zero-order chi connectivity index (χ0) is 23.8. The first-order valence-electron chi connectivity index (χ1n) is 10.6. The van der Waals surface area contributed by atoms with Gasteiger partial charge in [-0.25, -0.2) is 0 Å². The number of thioether (sulfide) groups is 1. The Balaban J connectivity index is 1.43. The minimum atomic E-state index is -0.174. The average Bonchev–Trinajstić information content (AvgIpc) is 3.26. The van der Waals surface area contributed by atoms with Crippen LogP contribution in [0.2, 0.25) is 5.02 Å². The van der Waals surface area contributed by atoms with Crippen LogP contribution in [-0.4, -0.2) is 38.9 Å². The van der Waals surface area contributed by atoms with Crippen LogP contribution in [0, 0.1) is 0 Å². The van der Waals surface area contributed by atoms with Crippen molar-refractivity contribution in [2.75, 3.05) is 17.6 Å². The third kappa shape index (κ3) is 6.24. The Morgan fingerprint density at radius 1 is 0.912 bits per heavy atom. The topological polar surface area (TPSA) is 88.9 Å². The molecule has 4 rings (SSSR count). The number of hydrogen-bond acceptors (Lipinski definition) is 5. The van der Waals surface area contributed by atoms with Gasteiger partial charge in [0.2, 0.25) is 5.91 Å². The van der Waals surface area contributed by atoms with Crippen LogP contribution in [0.4, 0.5) is 5.69 Å². The minimum absolute atomic E-state index is 0.140. The lowest BCUT2D eigenvalue weighted by molar-refractivity contribution is -0.113. The summed E-state index contributed by atoms with van der Waals surface area (Å²) in [4.78, 5) is 24.8. The fourth-order valence-electron chi connectivity index (χ4n) is 3.26. The van der Waals surface area contributed by atoms with Crippen molar-refractivity contribution in [3.63, 3.8) is 0 Å². The molecule has 0 fully saturated rings. The maximum atomic E-state index is 12.5. The van der Waals surface area contributed by atoms with Crippen molar-refractivity contribution in [2.45, 2.75) is 11.6 Å². The normalized spacial score (nSPS) is 10.6. The Morgan fingerprint density at radius 2 is 1.65 bits per heavy atom. The standard InChI is InChI=1S/C25H22ClN5O2S/c26-19-10-7-11-20(16-19)28-23(32)17-34-25-30-29-22(31(25)21-12-5-2-6-13-21)14-15-27-24(33)18-8-3-1-4-9-18/h1-13,16H,14-15,17H2,(H,27,33)(H,28,32). The van der Waals surface area contributed by atoms with E-state index in [0.29, 0.717) is 40.2 Å². The molecule has 0 bridgehead atoms. The van der Waals surface area contributed by atoms with E-state index < -0.39 is 0 Å². The summed E-state index contributed by atoms with van der Waals surface area (Å²) in [6.45, 7) is 0.401. The van der Waals surface area contributed by atoms with E-state index in [1.54, 1.807) is 36.4 Å². The highest BCUT2D eigenvalue weighted by atomic mass is 35.5. The van der Waals surface area contributed by atoms with Crippen LogP contribution in [0.5, 0.6) is 0 Å². The molecule has 0 saturated carbocycles. The molecule has 0 aliphatic heterocycles. The van der Waals surface area contributed by atoms with Crippen LogP contribution in [0.15, 0.2) is 90.1 Å². The zero-order valence-electron chi connectivity index (χ0n) is 18.1. The molecule has 0 atom stereocenters. The van der Waals surface area contributed by atoms with Gasteiger partial charge in [0.25, 0.3) is 5.91 Å². The van der Waals surface area contributed by atoms with Gasteiger partial charge in [-0.05, 0) is 42.5 Å². The van der Waals surface area contributed by atoms with Crippen molar-refractivity contribution in [1.82, 2.24) is 20.1 Å². The SMILES string of the molecule is O=C(CSc1nnc(CCNC(=O)c2ccccc2)n1-c1ccccc1)Nc1cccc(Cl)c1. The molecular weight excluding hydrogens is 470 g/mol. The first-order valence-corrected chi connectivity index (χ1v) is 12.0. The number of halogens is 1. The quantitative estimate of drug-likeness (QED) is 0.333. The molecule has 0 saturated heterocycles. The number of rotatable bonds is 9. The average molecular weight is 492 g/mol. The van der Waals surface area contributed by atoms with Gasteiger partial charge in [0.1, 0.15) is 5.82 Å². The van der Waals surface area contributed by atoms with E-state index in [1.165, 1.54) is 11.8 Å². The molecule has 1 aromatic heterocycles. The molecule has 1 heterocycles. The summed E-state index contributed by atoms with van der Waals surface area (Å²) in [5.41, 5.74) is 2.13. The number of hydrogen-bond donors (Lipinski definition) is 2. The van der Waals surface area contributed by atoms with Gasteiger partial charge in [0.15, 0.2) is 5.16 Å². The first kappa shape index (κ1) is 23.5. The lowest BCUT2D eigenvalue weighted by atomic mass is 10.2. The third-order valence-corrected chi connectivity index (χ3v) is 5.99. The Morgan fingerprint density at radius 3 is 2.38 bits per heavy atom. The van der Waals surface area contributed by atoms with E-state index in [0.717, 1.165) is 5.69 Å². The number of benzene rings is 3. The van der Waals surface area contributed by atoms with Gasteiger partial charge >= 0.3 is 0 Å². The van der Waals surface area contributed by atoms with Crippen LogP contribution in [-0.2, 0) is 11.2 Å². The monoisotopic (exact) mass is 491 g/mol. The number of amides is 2. The predicted octanol–water partition coefficient (Wildman–Crippen LogP) is 4.62. The highest BCUT2D eigenvalue weighted by Gasteiger charge is 2.16. The molecule has 0 aliphatic rings. The lowest BCUT2D eigenvalue weighted by Gasteiger charge is -2.11. The zero-order valence-corrected chi connectivity index (χ0v) is 19.7. The number of anilines is 1. The highest BCUT2D eigenvalue weighted by molar-refractivity contribution is 7.99. The molecule has 172 valence electrons. The Hall–Kier alpha value is -3.62. The molecule has 4 aromatic rings. The van der Waals surface area contributed by atoms with Gasteiger partial charge < -0.3 is 10.6 Å². The summed E-state index contributed by atoms with van der Waals surface area (Å²) >= 11 is 7.27. The fraction of sp³-hybridized carbons (Fsp3) is 0.120. The van der Waals surface area contributed by atoms with Crippen molar-refractivity contribution >= 4 is 40.9 Å². The molecule has 34 heavy (non-hydrogen) atoms. The van der Waals surface area contributed by atoms with E-state index in [4.69, 9.17) is 11.6 Å². The molecular formula is C25H22ClN5O2S. The largest absolute Gasteiger partial charge is 0.352 e. The Labute approximate surface area is 206 Å². The van der Waals surface area contributed by atoms with Crippen molar-refractivity contribution in [1.29, 1.82) is 0 Å². The van der Waals surface area contributed by atoms with Crippen LogP contribution in [0.1, 0.15) is 16.2 Å². The van der Waals surface area contributed by atoms with Crippen LogP contribution in [0.3, 0.4) is 0 Å². The Kier molecular flexibility index (Phi) is 7.95. The lowest BCUT2D eigenvalue weighted by Crippen LogP contribution is -2.26. The summed E-state index contributed by atoms with van der Waals surface area (Å²) in [7, 11) is 0. The minimum Gasteiger partial charge on any atom is -0.352 e. The number of para-hydroxylation sites is 1. The summed E-state index contributed by atoms with van der Waals surface area (Å²) in [5, 5.41) is 15.5. The van der Waals surface area contributed by atoms with Gasteiger partial charge in [0.05, 0.1) is 5.75 Å². The van der Waals surface area contributed by atoms with Gasteiger partial charge in [-0.15, -0.1) is 10.2 Å². The van der Waals surface area contributed by atoms with Gasteiger partial charge in [-0.3, -0.25) is 14.2 Å². The maximum absolute atomic E-state index is 12.5. The van der Waals surface area contributed by atoms with Gasteiger partial charge in [-0.2, -0.15) is 0 Å². The number of carbonyl (C=O) groups is 2. The van der Waals surface area contributed by atoms with E-state index in [2.05, 4.69) is 20.8 Å². The molecule has 2 amide bonds. The summed E-state index contributed by atoms with van der Waals surface area (Å²) in [6, 6.07) is 25.7. The molecule has 0 unspecified atom stereocenters. The van der Waals surface area contributed by atoms with Gasteiger partial charge in [0, 0.05) is 34.9 Å². The highest BCUT2D eigenvalue weighted by Crippen LogP contribution is 2.23. The molecule has 0 aliphatic carbocycles. The van der Waals surface area contributed by atoms with Gasteiger partial charge in [-0.1, -0.05) is 65.8 Å². The van der Waals surface area contributed by atoms with Crippen LogP contribution in [0.25, 0.3) is 5.69 Å². The number of nitrogens with zero attached hydrogens (tertiary/aromatic N) is 3. The second-order valence-electron chi connectivity index (χ2n) is 7.29. The summed E-state index contributed by atoms with van der Waals surface area (Å²) in [5.74, 6) is 0.532. The number of aromatic nitrogens is 3.